The number of anilines is 1. The van der Waals surface area contributed by atoms with E-state index in [0.717, 1.165) is 11.3 Å². The maximum Gasteiger partial charge on any atom is 0.0744 e. The van der Waals surface area contributed by atoms with Gasteiger partial charge >= 0.3 is 0 Å². The van der Waals surface area contributed by atoms with Crippen LogP contribution in [0.2, 0.25) is 5.02 Å². The van der Waals surface area contributed by atoms with Crippen molar-refractivity contribution >= 4 is 17.3 Å². The van der Waals surface area contributed by atoms with E-state index in [1.54, 1.807) is 12.1 Å². The zero-order chi connectivity index (χ0) is 10.8. The number of nitrogen functional groups attached to an aromatic ring is 1. The Labute approximate surface area is 90.0 Å². The highest BCUT2D eigenvalue weighted by Crippen LogP contribution is 2.20. The minimum atomic E-state index is -0.158. The van der Waals surface area contributed by atoms with E-state index < -0.39 is 0 Å². The number of ether oxygens (including phenoxy) is 1. The van der Waals surface area contributed by atoms with Crippen molar-refractivity contribution in [2.24, 2.45) is 0 Å². The molecule has 0 aliphatic rings. The van der Waals surface area contributed by atoms with Gasteiger partial charge < -0.3 is 10.5 Å². The van der Waals surface area contributed by atoms with Gasteiger partial charge in [-0.05, 0) is 39.0 Å². The van der Waals surface area contributed by atoms with E-state index in [1.165, 1.54) is 0 Å². The summed E-state index contributed by atoms with van der Waals surface area (Å²) in [7, 11) is 0. The third-order valence-electron chi connectivity index (χ3n) is 1.77. The molecule has 0 aliphatic heterocycles. The van der Waals surface area contributed by atoms with Gasteiger partial charge in [0.05, 0.1) is 12.2 Å². The number of nitrogens with two attached hydrogens (primary N) is 1. The Morgan fingerprint density at radius 3 is 2.57 bits per heavy atom. The molecule has 0 saturated heterocycles. The second-order valence-corrected chi connectivity index (χ2v) is 4.68. The quantitative estimate of drug-likeness (QED) is 0.766. The summed E-state index contributed by atoms with van der Waals surface area (Å²) in [6.07, 6.45) is 0. The minimum absolute atomic E-state index is 0.158. The van der Waals surface area contributed by atoms with Crippen LogP contribution in [0.15, 0.2) is 18.2 Å². The Bertz CT molecular complexity index is 318. The molecule has 14 heavy (non-hydrogen) atoms. The first-order chi connectivity index (χ1) is 6.38. The fourth-order valence-electron chi connectivity index (χ4n) is 0.994. The van der Waals surface area contributed by atoms with Gasteiger partial charge in [0.15, 0.2) is 0 Å². The molecule has 78 valence electrons. The van der Waals surface area contributed by atoms with Gasteiger partial charge in [-0.15, -0.1) is 0 Å². The van der Waals surface area contributed by atoms with Gasteiger partial charge in [-0.2, -0.15) is 0 Å². The van der Waals surface area contributed by atoms with Crippen molar-refractivity contribution in [3.63, 3.8) is 0 Å². The molecule has 0 fully saturated rings. The van der Waals surface area contributed by atoms with Crippen LogP contribution in [0.4, 0.5) is 5.69 Å². The summed E-state index contributed by atoms with van der Waals surface area (Å²) in [6, 6.07) is 5.41. The van der Waals surface area contributed by atoms with Gasteiger partial charge in [0, 0.05) is 16.3 Å². The lowest BCUT2D eigenvalue weighted by Gasteiger charge is -2.20. The molecular formula is C11H16ClNO. The summed E-state index contributed by atoms with van der Waals surface area (Å²) in [5.41, 5.74) is 7.28. The Morgan fingerprint density at radius 2 is 2.00 bits per heavy atom. The first-order valence-electron chi connectivity index (χ1n) is 4.56. The standard InChI is InChI=1S/C11H16ClNO/c1-11(2,3)14-7-8-6-9(12)4-5-10(8)13/h4-6H,7,13H2,1-3H3. The Balaban J connectivity index is 2.72. The molecule has 0 saturated carbocycles. The molecule has 0 unspecified atom stereocenters. The summed E-state index contributed by atoms with van der Waals surface area (Å²) >= 11 is 5.86. The Morgan fingerprint density at radius 1 is 1.36 bits per heavy atom. The van der Waals surface area contributed by atoms with E-state index in [2.05, 4.69) is 0 Å². The van der Waals surface area contributed by atoms with Crippen LogP contribution in [-0.2, 0) is 11.3 Å². The summed E-state index contributed by atoms with van der Waals surface area (Å²) in [6.45, 7) is 6.52. The lowest BCUT2D eigenvalue weighted by molar-refractivity contribution is -0.0146. The topological polar surface area (TPSA) is 35.2 Å². The lowest BCUT2D eigenvalue weighted by Crippen LogP contribution is -2.19. The monoisotopic (exact) mass is 213 g/mol. The van der Waals surface area contributed by atoms with E-state index in [0.29, 0.717) is 11.6 Å². The Hall–Kier alpha value is -0.730. The van der Waals surface area contributed by atoms with Gasteiger partial charge in [-0.1, -0.05) is 11.6 Å². The van der Waals surface area contributed by atoms with Crippen LogP contribution in [0.25, 0.3) is 0 Å². The first-order valence-corrected chi connectivity index (χ1v) is 4.94. The maximum atomic E-state index is 5.86. The molecule has 1 aromatic rings. The van der Waals surface area contributed by atoms with Gasteiger partial charge in [-0.25, -0.2) is 0 Å². The normalized spacial score (nSPS) is 11.7. The summed E-state index contributed by atoms with van der Waals surface area (Å²) in [5, 5.41) is 0.687. The predicted molar refractivity (Wildman–Crippen MR) is 60.4 cm³/mol. The highest BCUT2D eigenvalue weighted by molar-refractivity contribution is 6.30. The highest BCUT2D eigenvalue weighted by Gasteiger charge is 2.11. The number of rotatable bonds is 2. The molecule has 0 bridgehead atoms. The molecule has 2 N–H and O–H groups in total. The molecule has 0 amide bonds. The fraction of sp³-hybridized carbons (Fsp3) is 0.455. The summed E-state index contributed by atoms with van der Waals surface area (Å²) < 4.78 is 5.61. The molecule has 0 radical (unpaired) electrons. The molecule has 2 nitrogen and oxygen atoms in total. The van der Waals surface area contributed by atoms with Gasteiger partial charge in [0.25, 0.3) is 0 Å². The second kappa shape index (κ2) is 4.20. The number of hydrogen-bond acceptors (Lipinski definition) is 2. The summed E-state index contributed by atoms with van der Waals surface area (Å²) in [5.74, 6) is 0. The second-order valence-electron chi connectivity index (χ2n) is 4.24. The average Bonchev–Trinajstić information content (AvgIpc) is 2.05. The van der Waals surface area contributed by atoms with Crippen molar-refractivity contribution in [1.29, 1.82) is 0 Å². The van der Waals surface area contributed by atoms with Gasteiger partial charge in [-0.3, -0.25) is 0 Å². The van der Waals surface area contributed by atoms with Crippen molar-refractivity contribution in [2.45, 2.75) is 33.0 Å². The van der Waals surface area contributed by atoms with E-state index >= 15 is 0 Å². The summed E-state index contributed by atoms with van der Waals surface area (Å²) in [4.78, 5) is 0. The first kappa shape index (κ1) is 11.3. The molecule has 1 rings (SSSR count). The van der Waals surface area contributed by atoms with Crippen LogP contribution in [0.3, 0.4) is 0 Å². The lowest BCUT2D eigenvalue weighted by atomic mass is 10.1. The van der Waals surface area contributed by atoms with E-state index in [9.17, 15) is 0 Å². The van der Waals surface area contributed by atoms with Crippen molar-refractivity contribution in [2.75, 3.05) is 5.73 Å². The average molecular weight is 214 g/mol. The molecular weight excluding hydrogens is 198 g/mol. The minimum Gasteiger partial charge on any atom is -0.398 e. The van der Waals surface area contributed by atoms with Crippen LogP contribution < -0.4 is 5.73 Å². The Kier molecular flexibility index (Phi) is 3.40. The number of benzene rings is 1. The molecule has 0 aromatic heterocycles. The van der Waals surface area contributed by atoms with Crippen LogP contribution in [-0.4, -0.2) is 5.60 Å². The van der Waals surface area contributed by atoms with E-state index in [-0.39, 0.29) is 5.60 Å². The smallest absolute Gasteiger partial charge is 0.0744 e. The highest BCUT2D eigenvalue weighted by atomic mass is 35.5. The third-order valence-corrected chi connectivity index (χ3v) is 2.00. The van der Waals surface area contributed by atoms with Crippen molar-refractivity contribution in [1.82, 2.24) is 0 Å². The molecule has 3 heteroatoms. The van der Waals surface area contributed by atoms with Gasteiger partial charge in [0.2, 0.25) is 0 Å². The predicted octanol–water partition coefficient (Wildman–Crippen LogP) is 3.24. The van der Waals surface area contributed by atoms with Crippen molar-refractivity contribution in [3.05, 3.63) is 28.8 Å². The number of hydrogen-bond donors (Lipinski definition) is 1. The molecule has 0 atom stereocenters. The van der Waals surface area contributed by atoms with E-state index in [4.69, 9.17) is 22.1 Å². The van der Waals surface area contributed by atoms with Crippen LogP contribution in [0.1, 0.15) is 26.3 Å². The van der Waals surface area contributed by atoms with Crippen LogP contribution >= 0.6 is 11.6 Å². The van der Waals surface area contributed by atoms with Crippen LogP contribution in [0, 0.1) is 0 Å². The zero-order valence-electron chi connectivity index (χ0n) is 8.80. The molecule has 0 heterocycles. The zero-order valence-corrected chi connectivity index (χ0v) is 9.56. The largest absolute Gasteiger partial charge is 0.398 e. The molecule has 1 aromatic carbocycles. The fourth-order valence-corrected chi connectivity index (χ4v) is 1.19. The molecule has 0 aliphatic carbocycles. The van der Waals surface area contributed by atoms with Gasteiger partial charge in [0.1, 0.15) is 0 Å². The van der Waals surface area contributed by atoms with E-state index in [1.807, 2.05) is 26.8 Å². The molecule has 0 spiro atoms. The third kappa shape index (κ3) is 3.56. The number of halogens is 1. The maximum absolute atomic E-state index is 5.86. The van der Waals surface area contributed by atoms with Crippen molar-refractivity contribution in [3.8, 4) is 0 Å². The SMILES string of the molecule is CC(C)(C)OCc1cc(Cl)ccc1N. The van der Waals surface area contributed by atoms with Crippen molar-refractivity contribution < 1.29 is 4.74 Å². The van der Waals surface area contributed by atoms with Crippen LogP contribution in [0.5, 0.6) is 0 Å².